The van der Waals surface area contributed by atoms with Crippen molar-refractivity contribution in [3.8, 4) is 0 Å². The standard InChI is InChI=1S/C11H15N3O/c1-14-7-13-10-5-8(2-3-11(10)14)4-9(15)6-12/h2-3,5,7,9,15H,4,6,12H2,1H3. The number of rotatable bonds is 3. The molecule has 0 bridgehead atoms. The lowest BCUT2D eigenvalue weighted by Gasteiger charge is -2.07. The third kappa shape index (κ3) is 2.00. The molecule has 0 spiro atoms. The minimum Gasteiger partial charge on any atom is -0.391 e. The monoisotopic (exact) mass is 205 g/mol. The maximum absolute atomic E-state index is 9.44. The highest BCUT2D eigenvalue weighted by atomic mass is 16.3. The Balaban J connectivity index is 2.31. The van der Waals surface area contributed by atoms with Crippen LogP contribution in [0.25, 0.3) is 11.0 Å². The molecule has 4 heteroatoms. The highest BCUT2D eigenvalue weighted by Crippen LogP contribution is 2.14. The number of hydrogen-bond acceptors (Lipinski definition) is 3. The van der Waals surface area contributed by atoms with E-state index in [-0.39, 0.29) is 0 Å². The number of benzene rings is 1. The quantitative estimate of drug-likeness (QED) is 0.764. The summed E-state index contributed by atoms with van der Waals surface area (Å²) in [7, 11) is 1.96. The summed E-state index contributed by atoms with van der Waals surface area (Å²) in [5, 5.41) is 9.44. The van der Waals surface area contributed by atoms with Gasteiger partial charge in [-0.1, -0.05) is 6.07 Å². The van der Waals surface area contributed by atoms with Gasteiger partial charge < -0.3 is 15.4 Å². The Bertz CT molecular complexity index is 464. The van der Waals surface area contributed by atoms with Crippen LogP contribution in [0.15, 0.2) is 24.5 Å². The normalized spacial score (nSPS) is 13.3. The lowest BCUT2D eigenvalue weighted by molar-refractivity contribution is 0.183. The van der Waals surface area contributed by atoms with Crippen LogP contribution in [-0.4, -0.2) is 27.3 Å². The van der Waals surface area contributed by atoms with E-state index in [9.17, 15) is 5.11 Å². The van der Waals surface area contributed by atoms with Crippen molar-refractivity contribution in [2.75, 3.05) is 6.54 Å². The molecule has 0 aliphatic rings. The van der Waals surface area contributed by atoms with Crippen LogP contribution < -0.4 is 5.73 Å². The minimum absolute atomic E-state index is 0.292. The van der Waals surface area contributed by atoms with Crippen LogP contribution in [-0.2, 0) is 13.5 Å². The second-order valence-electron chi connectivity index (χ2n) is 3.77. The molecule has 1 unspecified atom stereocenters. The van der Waals surface area contributed by atoms with Gasteiger partial charge in [0.1, 0.15) is 0 Å². The summed E-state index contributed by atoms with van der Waals surface area (Å²) < 4.78 is 1.97. The third-order valence-electron chi connectivity index (χ3n) is 2.53. The Kier molecular flexibility index (Phi) is 2.70. The Morgan fingerprint density at radius 2 is 2.33 bits per heavy atom. The van der Waals surface area contributed by atoms with Gasteiger partial charge in [-0.15, -0.1) is 0 Å². The largest absolute Gasteiger partial charge is 0.391 e. The molecule has 1 atom stereocenters. The first-order chi connectivity index (χ1) is 7.20. The SMILES string of the molecule is Cn1cnc2cc(CC(O)CN)ccc21. The summed E-state index contributed by atoms with van der Waals surface area (Å²) in [4.78, 5) is 4.26. The van der Waals surface area contributed by atoms with E-state index >= 15 is 0 Å². The molecule has 1 aromatic heterocycles. The van der Waals surface area contributed by atoms with Crippen molar-refractivity contribution >= 4 is 11.0 Å². The van der Waals surface area contributed by atoms with Crippen molar-refractivity contribution in [2.45, 2.75) is 12.5 Å². The van der Waals surface area contributed by atoms with Crippen LogP contribution in [0, 0.1) is 0 Å². The first kappa shape index (κ1) is 10.1. The molecule has 4 nitrogen and oxygen atoms in total. The fourth-order valence-corrected chi connectivity index (χ4v) is 1.66. The van der Waals surface area contributed by atoms with E-state index in [1.54, 1.807) is 6.33 Å². The smallest absolute Gasteiger partial charge is 0.0955 e. The van der Waals surface area contributed by atoms with Crippen LogP contribution in [0.4, 0.5) is 0 Å². The Morgan fingerprint density at radius 1 is 1.53 bits per heavy atom. The maximum Gasteiger partial charge on any atom is 0.0955 e. The van der Waals surface area contributed by atoms with Crippen LogP contribution in [0.5, 0.6) is 0 Å². The average molecular weight is 205 g/mol. The highest BCUT2D eigenvalue weighted by molar-refractivity contribution is 5.75. The van der Waals surface area contributed by atoms with Crippen LogP contribution in [0.1, 0.15) is 5.56 Å². The van der Waals surface area contributed by atoms with Crippen molar-refractivity contribution in [3.05, 3.63) is 30.1 Å². The molecule has 2 aromatic rings. The van der Waals surface area contributed by atoms with Gasteiger partial charge in [-0.25, -0.2) is 4.98 Å². The topological polar surface area (TPSA) is 64.1 Å². The number of aromatic nitrogens is 2. The predicted molar refractivity (Wildman–Crippen MR) is 59.5 cm³/mol. The lowest BCUT2D eigenvalue weighted by Crippen LogP contribution is -2.21. The Morgan fingerprint density at radius 3 is 3.07 bits per heavy atom. The fourth-order valence-electron chi connectivity index (χ4n) is 1.66. The fraction of sp³-hybridized carbons (Fsp3) is 0.364. The summed E-state index contributed by atoms with van der Waals surface area (Å²) >= 11 is 0. The zero-order valence-corrected chi connectivity index (χ0v) is 8.72. The van der Waals surface area contributed by atoms with Gasteiger partial charge in [0.25, 0.3) is 0 Å². The van der Waals surface area contributed by atoms with Crippen LogP contribution in [0.3, 0.4) is 0 Å². The van der Waals surface area contributed by atoms with E-state index in [0.29, 0.717) is 13.0 Å². The molecule has 80 valence electrons. The number of aliphatic hydroxyl groups is 1. The number of nitrogens with zero attached hydrogens (tertiary/aromatic N) is 2. The highest BCUT2D eigenvalue weighted by Gasteiger charge is 2.05. The molecule has 1 heterocycles. The molecular weight excluding hydrogens is 190 g/mol. The van der Waals surface area contributed by atoms with Gasteiger partial charge in [0.2, 0.25) is 0 Å². The molecule has 0 saturated carbocycles. The molecule has 15 heavy (non-hydrogen) atoms. The van der Waals surface area contributed by atoms with Crippen molar-refractivity contribution in [2.24, 2.45) is 12.8 Å². The summed E-state index contributed by atoms with van der Waals surface area (Å²) in [6.45, 7) is 0.292. The molecule has 3 N–H and O–H groups in total. The first-order valence-corrected chi connectivity index (χ1v) is 4.99. The van der Waals surface area contributed by atoms with Crippen LogP contribution in [0.2, 0.25) is 0 Å². The number of imidazole rings is 1. The number of fused-ring (bicyclic) bond motifs is 1. The molecule has 0 radical (unpaired) electrons. The first-order valence-electron chi connectivity index (χ1n) is 4.99. The Labute approximate surface area is 88.3 Å². The van der Waals surface area contributed by atoms with Gasteiger partial charge in [-0.2, -0.15) is 0 Å². The second-order valence-corrected chi connectivity index (χ2v) is 3.77. The van der Waals surface area contributed by atoms with Crippen molar-refractivity contribution < 1.29 is 5.11 Å². The summed E-state index contributed by atoms with van der Waals surface area (Å²) in [6.07, 6.45) is 1.91. The maximum atomic E-state index is 9.44. The van der Waals surface area contributed by atoms with E-state index in [0.717, 1.165) is 16.6 Å². The summed E-state index contributed by atoms with van der Waals surface area (Å²) in [5.41, 5.74) is 8.49. The molecule has 0 fully saturated rings. The Hall–Kier alpha value is -1.39. The molecule has 0 amide bonds. The van der Waals surface area contributed by atoms with E-state index in [4.69, 9.17) is 5.73 Å². The number of aliphatic hydroxyl groups excluding tert-OH is 1. The van der Waals surface area contributed by atoms with Crippen molar-refractivity contribution in [1.29, 1.82) is 0 Å². The molecular formula is C11H15N3O. The predicted octanol–water partition coefficient (Wildman–Crippen LogP) is 0.435. The van der Waals surface area contributed by atoms with Gasteiger partial charge in [-0.05, 0) is 24.1 Å². The average Bonchev–Trinajstić information content (AvgIpc) is 2.60. The second kappa shape index (κ2) is 4.00. The number of hydrogen-bond donors (Lipinski definition) is 2. The molecule has 1 aromatic carbocycles. The van der Waals surface area contributed by atoms with Gasteiger partial charge in [-0.3, -0.25) is 0 Å². The van der Waals surface area contributed by atoms with Crippen molar-refractivity contribution in [3.63, 3.8) is 0 Å². The van der Waals surface area contributed by atoms with Crippen molar-refractivity contribution in [1.82, 2.24) is 9.55 Å². The minimum atomic E-state index is -0.467. The lowest BCUT2D eigenvalue weighted by atomic mass is 10.1. The zero-order valence-electron chi connectivity index (χ0n) is 8.72. The number of aryl methyl sites for hydroxylation is 1. The van der Waals surface area contributed by atoms with E-state index in [1.165, 1.54) is 0 Å². The van der Waals surface area contributed by atoms with E-state index in [2.05, 4.69) is 4.98 Å². The third-order valence-corrected chi connectivity index (χ3v) is 2.53. The van der Waals surface area contributed by atoms with Gasteiger partial charge >= 0.3 is 0 Å². The van der Waals surface area contributed by atoms with Gasteiger partial charge in [0, 0.05) is 13.6 Å². The molecule has 0 saturated heterocycles. The van der Waals surface area contributed by atoms with Crippen LogP contribution >= 0.6 is 0 Å². The molecule has 0 aliphatic carbocycles. The molecule has 2 rings (SSSR count). The van der Waals surface area contributed by atoms with E-state index in [1.807, 2.05) is 29.8 Å². The van der Waals surface area contributed by atoms with E-state index < -0.39 is 6.10 Å². The molecule has 0 aliphatic heterocycles. The van der Waals surface area contributed by atoms with Gasteiger partial charge in [0.15, 0.2) is 0 Å². The zero-order chi connectivity index (χ0) is 10.8. The summed E-state index contributed by atoms with van der Waals surface area (Å²) in [6, 6.07) is 6.01. The van der Waals surface area contributed by atoms with Gasteiger partial charge in [0.05, 0.1) is 23.5 Å². The summed E-state index contributed by atoms with van der Waals surface area (Å²) in [5.74, 6) is 0. The number of nitrogens with two attached hydrogens (primary N) is 1.